The van der Waals surface area contributed by atoms with E-state index in [-0.39, 0.29) is 68.0 Å². The Morgan fingerprint density at radius 1 is 0.557 bits per heavy atom. The highest BCUT2D eigenvalue weighted by Gasteiger charge is 2.47. The van der Waals surface area contributed by atoms with E-state index >= 15 is 0 Å². The molecular formula is C51H93ClN4O14. The van der Waals surface area contributed by atoms with Gasteiger partial charge in [0.25, 0.3) is 0 Å². The molecule has 5 N–H and O–H groups in total. The summed E-state index contributed by atoms with van der Waals surface area (Å²) in [5.74, 6) is -1.17. The highest BCUT2D eigenvalue weighted by atomic mass is 35.5. The van der Waals surface area contributed by atoms with Crippen LogP contribution in [0.5, 0.6) is 0 Å². The van der Waals surface area contributed by atoms with E-state index in [9.17, 15) is 24.0 Å². The molecule has 18 nitrogen and oxygen atoms in total. The molecule has 0 aromatic carbocycles. The molecule has 3 amide bonds. The van der Waals surface area contributed by atoms with Crippen molar-refractivity contribution in [1.82, 2.24) is 15.1 Å². The number of alkyl carbamates (subject to hydrolysis) is 1. The van der Waals surface area contributed by atoms with E-state index in [0.29, 0.717) is 84.7 Å². The predicted octanol–water partition coefficient (Wildman–Crippen LogP) is 6.01. The van der Waals surface area contributed by atoms with Gasteiger partial charge in [0.1, 0.15) is 34.9 Å². The molecule has 2 saturated heterocycles. The number of amides is 3. The van der Waals surface area contributed by atoms with Crippen molar-refractivity contribution in [3.05, 3.63) is 0 Å². The van der Waals surface area contributed by atoms with Crippen LogP contribution in [0.15, 0.2) is 0 Å². The summed E-state index contributed by atoms with van der Waals surface area (Å²) in [5.41, 5.74) is 4.35. The van der Waals surface area contributed by atoms with Crippen LogP contribution in [0.3, 0.4) is 0 Å². The van der Waals surface area contributed by atoms with Crippen LogP contribution >= 0.6 is 12.4 Å². The van der Waals surface area contributed by atoms with Crippen LogP contribution in [0.2, 0.25) is 0 Å². The minimum Gasteiger partial charge on any atom is -0.458 e. The van der Waals surface area contributed by atoms with Gasteiger partial charge in [0.2, 0.25) is 11.8 Å². The summed E-state index contributed by atoms with van der Waals surface area (Å²) in [6.07, 6.45) is 12.2. The van der Waals surface area contributed by atoms with Gasteiger partial charge < -0.3 is 64.2 Å². The lowest BCUT2D eigenvalue weighted by molar-refractivity contribution is -0.164. The number of hydrogen-bond donors (Lipinski definition) is 4. The number of esters is 2. The van der Waals surface area contributed by atoms with Crippen LogP contribution in [-0.2, 0) is 52.3 Å². The van der Waals surface area contributed by atoms with Crippen molar-refractivity contribution in [2.75, 3.05) is 65.9 Å². The van der Waals surface area contributed by atoms with Gasteiger partial charge >= 0.3 is 18.0 Å². The largest absolute Gasteiger partial charge is 0.458 e. The van der Waals surface area contributed by atoms with Crippen LogP contribution in [0.1, 0.15) is 165 Å². The number of hydrogen-bond acceptors (Lipinski definition) is 15. The molecule has 2 aliphatic heterocycles. The van der Waals surface area contributed by atoms with Crippen molar-refractivity contribution in [3.8, 4) is 0 Å². The number of rotatable bonds is 23. The van der Waals surface area contributed by atoms with Gasteiger partial charge in [0, 0.05) is 78.8 Å². The molecule has 0 unspecified atom stereocenters. The maximum absolute atomic E-state index is 14.0. The minimum absolute atomic E-state index is 0. The Hall–Kier alpha value is -2.84. The summed E-state index contributed by atoms with van der Waals surface area (Å²) in [5, 5.41) is 20.4. The third-order valence-electron chi connectivity index (χ3n) is 12.4. The summed E-state index contributed by atoms with van der Waals surface area (Å²) < 4.78 is 39.6. The van der Waals surface area contributed by atoms with Gasteiger partial charge in [-0.05, 0) is 126 Å². The average Bonchev–Trinajstić information content (AvgIpc) is 3.91. The Morgan fingerprint density at radius 3 is 1.34 bits per heavy atom. The zero-order valence-electron chi connectivity index (χ0n) is 44.2. The lowest BCUT2D eigenvalue weighted by Crippen LogP contribution is -2.56. The molecular weight excluding hydrogens is 928 g/mol. The molecule has 0 bridgehead atoms. The van der Waals surface area contributed by atoms with Crippen molar-refractivity contribution >= 4 is 42.3 Å². The topological polar surface area (TPSA) is 235 Å². The maximum atomic E-state index is 14.0. The SMILES string of the molecule is CC(C)(C)OC(=O)N[C@H](C(=O)N1C[C@H](OCCCOCCCO)C[C@H]1C(=O)OC(C)(C)C)C1CCCCC1.CC(C)(C)OC(=O)[C@@H]1C[C@@H](OCCCOCCCO)CN1C(=O)[C@@H](N)C1CCCCC1.Cl. The van der Waals surface area contributed by atoms with Crippen molar-refractivity contribution in [1.29, 1.82) is 0 Å². The quantitative estimate of drug-likeness (QED) is 0.0521. The number of aliphatic hydroxyl groups is 2. The number of nitrogens with two attached hydrogens (primary N) is 1. The first-order chi connectivity index (χ1) is 32.5. The van der Waals surface area contributed by atoms with E-state index in [1.807, 2.05) is 20.8 Å². The number of carbonyl (C=O) groups is 5. The molecule has 4 fully saturated rings. The normalized spacial score (nSPS) is 22.3. The fourth-order valence-electron chi connectivity index (χ4n) is 9.22. The van der Waals surface area contributed by atoms with E-state index in [0.717, 1.165) is 57.8 Å². The van der Waals surface area contributed by atoms with Gasteiger partial charge in [-0.2, -0.15) is 0 Å². The number of aliphatic hydroxyl groups excluding tert-OH is 2. The van der Waals surface area contributed by atoms with Crippen LogP contribution < -0.4 is 11.1 Å². The molecule has 2 aliphatic carbocycles. The first-order valence-electron chi connectivity index (χ1n) is 26.0. The molecule has 0 aromatic rings. The Labute approximate surface area is 425 Å². The monoisotopic (exact) mass is 1020 g/mol. The third-order valence-corrected chi connectivity index (χ3v) is 12.4. The number of halogens is 1. The second kappa shape index (κ2) is 31.7. The van der Waals surface area contributed by atoms with E-state index in [1.54, 1.807) is 46.4 Å². The van der Waals surface area contributed by atoms with Crippen molar-refractivity contribution in [2.24, 2.45) is 17.6 Å². The lowest BCUT2D eigenvalue weighted by Gasteiger charge is -2.35. The molecule has 0 aromatic heterocycles. The van der Waals surface area contributed by atoms with Crippen LogP contribution in [0.4, 0.5) is 4.79 Å². The molecule has 408 valence electrons. The summed E-state index contributed by atoms with van der Waals surface area (Å²) in [7, 11) is 0. The molecule has 6 atom stereocenters. The van der Waals surface area contributed by atoms with E-state index in [1.165, 1.54) is 11.3 Å². The van der Waals surface area contributed by atoms with Gasteiger partial charge in [-0.3, -0.25) is 9.59 Å². The number of carbonyl (C=O) groups excluding carboxylic acids is 5. The van der Waals surface area contributed by atoms with Crippen LogP contribution in [0, 0.1) is 11.8 Å². The molecule has 2 heterocycles. The molecule has 0 spiro atoms. The molecule has 19 heteroatoms. The number of nitrogens with one attached hydrogen (secondary N) is 1. The maximum Gasteiger partial charge on any atom is 0.408 e. The molecule has 4 rings (SSSR count). The fourth-order valence-corrected chi connectivity index (χ4v) is 9.22. The highest BCUT2D eigenvalue weighted by molar-refractivity contribution is 5.91. The van der Waals surface area contributed by atoms with Crippen LogP contribution in [-0.4, -0.2) is 169 Å². The van der Waals surface area contributed by atoms with E-state index in [2.05, 4.69) is 5.32 Å². The number of nitrogens with zero attached hydrogens (tertiary/aromatic N) is 2. The first-order valence-corrected chi connectivity index (χ1v) is 26.0. The van der Waals surface area contributed by atoms with Gasteiger partial charge in [0.15, 0.2) is 0 Å². The Morgan fingerprint density at radius 2 is 0.943 bits per heavy atom. The Kier molecular flexibility index (Phi) is 28.6. The first kappa shape index (κ1) is 63.3. The lowest BCUT2D eigenvalue weighted by atomic mass is 9.83. The highest BCUT2D eigenvalue weighted by Crippen LogP contribution is 2.32. The van der Waals surface area contributed by atoms with E-state index < -0.39 is 59.0 Å². The molecule has 0 radical (unpaired) electrons. The summed E-state index contributed by atoms with van der Waals surface area (Å²) in [4.78, 5) is 69.1. The van der Waals surface area contributed by atoms with E-state index in [4.69, 9.17) is 49.1 Å². The summed E-state index contributed by atoms with van der Waals surface area (Å²) in [6.45, 7) is 20.0. The average molecular weight is 1020 g/mol. The summed E-state index contributed by atoms with van der Waals surface area (Å²) >= 11 is 0. The number of likely N-dealkylation sites (tertiary alicyclic amines) is 2. The van der Waals surface area contributed by atoms with Crippen molar-refractivity contribution in [2.45, 2.75) is 218 Å². The van der Waals surface area contributed by atoms with Gasteiger partial charge in [0.05, 0.1) is 18.2 Å². The standard InChI is InChI=1S/C28H50N2O8.C23H42N2O6.ClH/c1-27(2,3)37-25(33)22-18-21(36-17-11-16-35-15-10-14-31)19-30(22)24(32)23(20-12-8-7-9-13-20)29-26(34)38-28(4,5)6;1-23(2,3)31-22(28)19-15-18(30-14-8-13-29-12-7-11-26)16-25(19)21(27)20(24)17-9-5-4-6-10-17;/h20-23,31H,7-19H2,1-6H3,(H,29,34);17-20,26H,4-16,24H2,1-3H3;1H/t21-,22+,23+;18-,19+,20+;/m11./s1. The predicted molar refractivity (Wildman–Crippen MR) is 267 cm³/mol. The number of ether oxygens (including phenoxy) is 7. The minimum atomic E-state index is -0.793. The Balaban J connectivity index is 0.000000483. The van der Waals surface area contributed by atoms with Gasteiger partial charge in [-0.15, -0.1) is 12.4 Å². The zero-order chi connectivity index (χ0) is 51.2. The van der Waals surface area contributed by atoms with Crippen LogP contribution in [0.25, 0.3) is 0 Å². The smallest absolute Gasteiger partial charge is 0.408 e. The summed E-state index contributed by atoms with van der Waals surface area (Å²) in [6, 6.07) is -2.82. The van der Waals surface area contributed by atoms with Gasteiger partial charge in [-0.1, -0.05) is 38.5 Å². The molecule has 2 saturated carbocycles. The van der Waals surface area contributed by atoms with Crippen molar-refractivity contribution in [3.63, 3.8) is 0 Å². The second-order valence-electron chi connectivity index (χ2n) is 22.1. The second-order valence-corrected chi connectivity index (χ2v) is 22.1. The zero-order valence-corrected chi connectivity index (χ0v) is 45.0. The third kappa shape index (κ3) is 23.8. The van der Waals surface area contributed by atoms with Crippen molar-refractivity contribution < 1.29 is 67.3 Å². The fraction of sp³-hybridized carbons (Fsp3) is 0.902. The molecule has 70 heavy (non-hydrogen) atoms. The Bertz CT molecular complexity index is 1540. The van der Waals surface area contributed by atoms with Gasteiger partial charge in [-0.25, -0.2) is 14.4 Å². The molecule has 4 aliphatic rings.